The van der Waals surface area contributed by atoms with Gasteiger partial charge in [-0.25, -0.2) is 13.2 Å². The lowest BCUT2D eigenvalue weighted by Gasteiger charge is -2.32. The minimum atomic E-state index is -3.08. The van der Waals surface area contributed by atoms with Crippen LogP contribution in [0.2, 0.25) is 0 Å². The molecule has 124 valence electrons. The van der Waals surface area contributed by atoms with E-state index >= 15 is 0 Å². The van der Waals surface area contributed by atoms with Gasteiger partial charge in [0.15, 0.2) is 9.84 Å². The predicted molar refractivity (Wildman–Crippen MR) is 84.5 cm³/mol. The molecule has 1 aromatic heterocycles. The first-order valence-corrected chi connectivity index (χ1v) is 9.48. The number of aromatic nitrogens is 2. The average Bonchev–Trinajstić information content (AvgIpc) is 3.01. The summed E-state index contributed by atoms with van der Waals surface area (Å²) >= 11 is 0. The lowest BCUT2D eigenvalue weighted by Crippen LogP contribution is -2.48. The minimum Gasteiger partial charge on any atom is -0.335 e. The normalized spacial score (nSPS) is 18.2. The summed E-state index contributed by atoms with van der Waals surface area (Å²) in [5, 5.41) is 9.72. The van der Waals surface area contributed by atoms with Gasteiger partial charge in [0.25, 0.3) is 0 Å². The molecule has 1 aromatic rings. The van der Waals surface area contributed by atoms with E-state index in [0.29, 0.717) is 19.0 Å². The van der Waals surface area contributed by atoms with Crippen LogP contribution >= 0.6 is 0 Å². The van der Waals surface area contributed by atoms with E-state index < -0.39 is 9.84 Å². The molecule has 8 heteroatoms. The van der Waals surface area contributed by atoms with E-state index in [2.05, 4.69) is 15.5 Å². The highest BCUT2D eigenvalue weighted by molar-refractivity contribution is 7.91. The Labute approximate surface area is 131 Å². The molecular weight excluding hydrogens is 304 g/mol. The molecule has 1 atom stereocenters. The van der Waals surface area contributed by atoms with E-state index in [1.165, 1.54) is 0 Å². The zero-order valence-electron chi connectivity index (χ0n) is 13.1. The van der Waals surface area contributed by atoms with Crippen LogP contribution in [0.5, 0.6) is 0 Å². The van der Waals surface area contributed by atoms with Crippen molar-refractivity contribution in [2.45, 2.75) is 38.6 Å². The van der Waals surface area contributed by atoms with E-state index in [1.807, 2.05) is 6.07 Å². The number of rotatable bonds is 5. The van der Waals surface area contributed by atoms with Gasteiger partial charge in [0.1, 0.15) is 0 Å². The fourth-order valence-corrected chi connectivity index (χ4v) is 3.81. The molecule has 1 saturated heterocycles. The zero-order valence-corrected chi connectivity index (χ0v) is 13.9. The standard InChI is InChI=1S/C14H24N4O3S/c1-3-22(20,21)10-11(2)16-14(19)18-8-5-12(6-9-18)13-4-7-15-17-13/h4,7,11-12H,3,5-6,8-10H2,1-2H3,(H,15,17)(H,16,19)/t11-/m0/s1. The second-order valence-electron chi connectivity index (χ2n) is 5.82. The molecule has 2 heterocycles. The molecule has 1 aliphatic heterocycles. The number of nitrogens with one attached hydrogen (secondary N) is 2. The van der Waals surface area contributed by atoms with Crippen molar-refractivity contribution in [3.8, 4) is 0 Å². The Kier molecular flexibility index (Phi) is 5.44. The molecule has 1 fully saturated rings. The van der Waals surface area contributed by atoms with Crippen molar-refractivity contribution in [3.05, 3.63) is 18.0 Å². The van der Waals surface area contributed by atoms with E-state index in [0.717, 1.165) is 18.5 Å². The molecule has 22 heavy (non-hydrogen) atoms. The predicted octanol–water partition coefficient (Wildman–Crippen LogP) is 1.12. The first-order valence-electron chi connectivity index (χ1n) is 7.66. The van der Waals surface area contributed by atoms with Crippen LogP contribution in [0, 0.1) is 0 Å². The SMILES string of the molecule is CCS(=O)(=O)C[C@H](C)NC(=O)N1CCC(c2ccn[nH]2)CC1. The van der Waals surface area contributed by atoms with E-state index in [4.69, 9.17) is 0 Å². The summed E-state index contributed by atoms with van der Waals surface area (Å²) in [5.41, 5.74) is 1.11. The summed E-state index contributed by atoms with van der Waals surface area (Å²) < 4.78 is 23.1. The molecule has 0 saturated carbocycles. The summed E-state index contributed by atoms with van der Waals surface area (Å²) in [5.74, 6) is 0.493. The van der Waals surface area contributed by atoms with Crippen LogP contribution in [0.4, 0.5) is 4.79 Å². The third-order valence-corrected chi connectivity index (χ3v) is 5.95. The molecule has 2 rings (SSSR count). The van der Waals surface area contributed by atoms with Crippen LogP contribution in [-0.2, 0) is 9.84 Å². The number of urea groups is 1. The van der Waals surface area contributed by atoms with Crippen LogP contribution in [-0.4, -0.2) is 60.2 Å². The quantitative estimate of drug-likeness (QED) is 0.847. The Bertz CT molecular complexity index is 577. The molecule has 0 radical (unpaired) electrons. The maximum Gasteiger partial charge on any atom is 0.317 e. The van der Waals surface area contributed by atoms with Gasteiger partial charge in [-0.1, -0.05) is 6.92 Å². The Hall–Kier alpha value is -1.57. The van der Waals surface area contributed by atoms with Gasteiger partial charge in [0.05, 0.1) is 5.75 Å². The van der Waals surface area contributed by atoms with E-state index in [1.54, 1.807) is 24.9 Å². The topological polar surface area (TPSA) is 95.2 Å². The summed E-state index contributed by atoms with van der Waals surface area (Å²) in [7, 11) is -3.08. The van der Waals surface area contributed by atoms with Gasteiger partial charge in [-0.2, -0.15) is 5.10 Å². The van der Waals surface area contributed by atoms with Gasteiger partial charge in [0, 0.05) is 42.7 Å². The Balaban J connectivity index is 1.80. The monoisotopic (exact) mass is 328 g/mol. The molecule has 0 unspecified atom stereocenters. The summed E-state index contributed by atoms with van der Waals surface area (Å²) in [6, 6.07) is 1.42. The number of sulfone groups is 1. The molecule has 2 N–H and O–H groups in total. The molecule has 7 nitrogen and oxygen atoms in total. The van der Waals surface area contributed by atoms with E-state index in [-0.39, 0.29) is 23.6 Å². The molecular formula is C14H24N4O3S. The maximum absolute atomic E-state index is 12.2. The highest BCUT2D eigenvalue weighted by Crippen LogP contribution is 2.26. The van der Waals surface area contributed by atoms with Crippen LogP contribution in [0.1, 0.15) is 38.3 Å². The Morgan fingerprint density at radius 1 is 1.50 bits per heavy atom. The molecule has 1 aliphatic rings. The van der Waals surface area contributed by atoms with Crippen molar-refractivity contribution in [1.29, 1.82) is 0 Å². The fraction of sp³-hybridized carbons (Fsp3) is 0.714. The fourth-order valence-electron chi connectivity index (χ4n) is 2.73. The van der Waals surface area contributed by atoms with Crippen molar-refractivity contribution >= 4 is 15.9 Å². The number of hydrogen-bond acceptors (Lipinski definition) is 4. The number of likely N-dealkylation sites (tertiary alicyclic amines) is 1. The number of hydrogen-bond donors (Lipinski definition) is 2. The van der Waals surface area contributed by atoms with E-state index in [9.17, 15) is 13.2 Å². The highest BCUT2D eigenvalue weighted by atomic mass is 32.2. The van der Waals surface area contributed by atoms with Gasteiger partial charge >= 0.3 is 6.03 Å². The van der Waals surface area contributed by atoms with Crippen molar-refractivity contribution in [2.75, 3.05) is 24.6 Å². The van der Waals surface area contributed by atoms with Gasteiger partial charge < -0.3 is 10.2 Å². The molecule has 0 spiro atoms. The maximum atomic E-state index is 12.2. The van der Waals surface area contributed by atoms with Gasteiger partial charge in [-0.15, -0.1) is 0 Å². The zero-order chi connectivity index (χ0) is 16.2. The second-order valence-corrected chi connectivity index (χ2v) is 8.22. The molecule has 0 aliphatic carbocycles. The lowest BCUT2D eigenvalue weighted by molar-refractivity contribution is 0.178. The van der Waals surface area contributed by atoms with Crippen molar-refractivity contribution in [1.82, 2.24) is 20.4 Å². The third-order valence-electron chi connectivity index (χ3n) is 4.06. The number of H-pyrrole nitrogens is 1. The van der Waals surface area contributed by atoms with Gasteiger partial charge in [-0.05, 0) is 25.8 Å². The minimum absolute atomic E-state index is 0.0140. The van der Waals surface area contributed by atoms with Crippen molar-refractivity contribution in [3.63, 3.8) is 0 Å². The largest absolute Gasteiger partial charge is 0.335 e. The van der Waals surface area contributed by atoms with Gasteiger partial charge in [-0.3, -0.25) is 5.10 Å². The smallest absolute Gasteiger partial charge is 0.317 e. The average molecular weight is 328 g/mol. The Morgan fingerprint density at radius 3 is 2.73 bits per heavy atom. The summed E-state index contributed by atoms with van der Waals surface area (Å²) in [6.07, 6.45) is 3.51. The van der Waals surface area contributed by atoms with Crippen LogP contribution in [0.25, 0.3) is 0 Å². The number of aromatic amines is 1. The van der Waals surface area contributed by atoms with Crippen LogP contribution < -0.4 is 5.32 Å². The summed E-state index contributed by atoms with van der Waals surface area (Å²) in [6.45, 7) is 4.68. The van der Waals surface area contributed by atoms with Crippen molar-refractivity contribution in [2.24, 2.45) is 0 Å². The van der Waals surface area contributed by atoms with Crippen molar-refractivity contribution < 1.29 is 13.2 Å². The van der Waals surface area contributed by atoms with Crippen LogP contribution in [0.3, 0.4) is 0 Å². The molecule has 0 bridgehead atoms. The number of amides is 2. The first-order chi connectivity index (χ1) is 10.4. The van der Waals surface area contributed by atoms with Gasteiger partial charge in [0.2, 0.25) is 0 Å². The number of carbonyl (C=O) groups is 1. The van der Waals surface area contributed by atoms with Crippen LogP contribution in [0.15, 0.2) is 12.3 Å². The Morgan fingerprint density at radius 2 is 2.18 bits per heavy atom. The third kappa shape index (κ3) is 4.46. The molecule has 2 amide bonds. The second kappa shape index (κ2) is 7.13. The first kappa shape index (κ1) is 16.8. The lowest BCUT2D eigenvalue weighted by atomic mass is 9.94. The number of carbonyl (C=O) groups excluding carboxylic acids is 1. The highest BCUT2D eigenvalue weighted by Gasteiger charge is 2.25. The molecule has 0 aromatic carbocycles. The number of nitrogens with zero attached hydrogens (tertiary/aromatic N) is 2. The number of piperidine rings is 1. The summed E-state index contributed by atoms with van der Waals surface area (Å²) in [4.78, 5) is 13.9.